The minimum absolute atomic E-state index is 0.301. The van der Waals surface area contributed by atoms with Crippen LogP contribution in [0.3, 0.4) is 0 Å². The molecule has 2 unspecified atom stereocenters. The summed E-state index contributed by atoms with van der Waals surface area (Å²) < 4.78 is 5.54. The lowest BCUT2D eigenvalue weighted by molar-refractivity contribution is 0.334. The fraction of sp³-hybridized carbons (Fsp3) is 0.818. The van der Waals surface area contributed by atoms with Crippen LogP contribution in [0, 0.1) is 5.92 Å². The van der Waals surface area contributed by atoms with Gasteiger partial charge in [0.1, 0.15) is 5.88 Å². The Bertz CT molecular complexity index is 368. The number of anilines is 1. The van der Waals surface area contributed by atoms with E-state index in [0.29, 0.717) is 23.8 Å². The molecule has 1 aliphatic carbocycles. The highest BCUT2D eigenvalue weighted by molar-refractivity contribution is 6.16. The van der Waals surface area contributed by atoms with Gasteiger partial charge in [0.05, 0.1) is 0 Å². The maximum Gasteiger partial charge on any atom is 0.318 e. The summed E-state index contributed by atoms with van der Waals surface area (Å²) in [4.78, 5) is 2.28. The van der Waals surface area contributed by atoms with Crippen molar-refractivity contribution in [3.63, 3.8) is 0 Å². The molecule has 0 aromatic carbocycles. The van der Waals surface area contributed by atoms with Crippen LogP contribution < -0.4 is 4.90 Å². The molecule has 0 radical (unpaired) electrons. The lowest BCUT2D eigenvalue weighted by Gasteiger charge is -2.30. The van der Waals surface area contributed by atoms with Crippen molar-refractivity contribution in [3.05, 3.63) is 5.89 Å². The van der Waals surface area contributed by atoms with Gasteiger partial charge in [-0.2, -0.15) is 0 Å². The Morgan fingerprint density at radius 1 is 1.25 bits per heavy atom. The van der Waals surface area contributed by atoms with Crippen molar-refractivity contribution in [2.24, 2.45) is 5.92 Å². The third-order valence-electron chi connectivity index (χ3n) is 3.83. The summed E-state index contributed by atoms with van der Waals surface area (Å²) in [7, 11) is 0. The number of hydrogen-bond donors (Lipinski definition) is 0. The van der Waals surface area contributed by atoms with E-state index in [9.17, 15) is 0 Å². The van der Waals surface area contributed by atoms with E-state index in [-0.39, 0.29) is 0 Å². The molecule has 1 aromatic heterocycles. The van der Waals surface area contributed by atoms with E-state index in [1.165, 1.54) is 32.1 Å². The molecule has 2 atom stereocenters. The van der Waals surface area contributed by atoms with E-state index < -0.39 is 0 Å². The molecule has 1 aliphatic heterocycles. The number of alkyl halides is 1. The average Bonchev–Trinajstić information content (AvgIpc) is 2.94. The van der Waals surface area contributed by atoms with Crippen LogP contribution in [0.4, 0.5) is 6.01 Å². The number of rotatable bonds is 2. The molecule has 16 heavy (non-hydrogen) atoms. The summed E-state index contributed by atoms with van der Waals surface area (Å²) in [6, 6.07) is 1.29. The lowest BCUT2D eigenvalue weighted by Crippen LogP contribution is -2.34. The van der Waals surface area contributed by atoms with Gasteiger partial charge in [-0.15, -0.1) is 16.7 Å². The Kier molecular flexibility index (Phi) is 2.75. The smallest absolute Gasteiger partial charge is 0.318 e. The summed E-state index contributed by atoms with van der Waals surface area (Å²) in [5, 5.41) is 8.01. The molecule has 2 aliphatic rings. The van der Waals surface area contributed by atoms with Gasteiger partial charge < -0.3 is 9.32 Å². The monoisotopic (exact) mass is 241 g/mol. The summed E-state index contributed by atoms with van der Waals surface area (Å²) in [5.41, 5.74) is 0. The normalized spacial score (nSPS) is 29.4. The first-order valence-corrected chi connectivity index (χ1v) is 6.57. The fourth-order valence-corrected chi connectivity index (χ4v) is 3.17. The zero-order chi connectivity index (χ0) is 11.0. The molecule has 0 amide bonds. The highest BCUT2D eigenvalue weighted by atomic mass is 35.5. The Balaban J connectivity index is 1.79. The topological polar surface area (TPSA) is 42.2 Å². The minimum Gasteiger partial charge on any atom is -0.407 e. The zero-order valence-electron chi connectivity index (χ0n) is 9.23. The first kappa shape index (κ1) is 10.4. The van der Waals surface area contributed by atoms with E-state index in [2.05, 4.69) is 15.1 Å². The Labute approximate surface area is 100.0 Å². The zero-order valence-corrected chi connectivity index (χ0v) is 9.99. The van der Waals surface area contributed by atoms with Crippen molar-refractivity contribution in [3.8, 4) is 0 Å². The van der Waals surface area contributed by atoms with E-state index >= 15 is 0 Å². The predicted molar refractivity (Wildman–Crippen MR) is 61.6 cm³/mol. The van der Waals surface area contributed by atoms with Gasteiger partial charge in [-0.25, -0.2) is 0 Å². The van der Waals surface area contributed by atoms with Gasteiger partial charge in [0.15, 0.2) is 0 Å². The number of halogens is 1. The summed E-state index contributed by atoms with van der Waals surface area (Å²) >= 11 is 5.67. The maximum atomic E-state index is 5.67. The molecular formula is C11H16ClN3O. The molecule has 2 heterocycles. The Morgan fingerprint density at radius 2 is 2.12 bits per heavy atom. The lowest BCUT2D eigenvalue weighted by atomic mass is 9.85. The standard InChI is InChI=1S/C11H16ClN3O/c12-7-10-13-14-11(16-10)15-6-5-8-3-1-2-4-9(8)15/h8-9H,1-7H2. The fourth-order valence-electron chi connectivity index (χ4n) is 3.06. The van der Waals surface area contributed by atoms with Gasteiger partial charge in [-0.05, 0) is 25.2 Å². The van der Waals surface area contributed by atoms with Gasteiger partial charge in [0.25, 0.3) is 0 Å². The molecular weight excluding hydrogens is 226 g/mol. The molecule has 0 N–H and O–H groups in total. The molecule has 1 saturated carbocycles. The highest BCUT2D eigenvalue weighted by Crippen LogP contribution is 2.38. The van der Waals surface area contributed by atoms with Crippen molar-refractivity contribution in [2.75, 3.05) is 11.4 Å². The quantitative estimate of drug-likeness (QED) is 0.747. The molecule has 2 fully saturated rings. The molecule has 88 valence electrons. The van der Waals surface area contributed by atoms with Crippen LogP contribution >= 0.6 is 11.6 Å². The van der Waals surface area contributed by atoms with Crippen molar-refractivity contribution < 1.29 is 4.42 Å². The van der Waals surface area contributed by atoms with E-state index in [1.807, 2.05) is 0 Å². The van der Waals surface area contributed by atoms with E-state index in [0.717, 1.165) is 12.5 Å². The van der Waals surface area contributed by atoms with Crippen LogP contribution in [0.5, 0.6) is 0 Å². The Hall–Kier alpha value is -0.770. The average molecular weight is 242 g/mol. The van der Waals surface area contributed by atoms with Crippen molar-refractivity contribution >= 4 is 17.6 Å². The highest BCUT2D eigenvalue weighted by Gasteiger charge is 2.37. The van der Waals surface area contributed by atoms with Crippen LogP contribution in [0.15, 0.2) is 4.42 Å². The largest absolute Gasteiger partial charge is 0.407 e. The molecule has 3 rings (SSSR count). The van der Waals surface area contributed by atoms with Crippen LogP contribution in [0.2, 0.25) is 0 Å². The second-order valence-corrected chi connectivity index (χ2v) is 4.97. The molecule has 0 spiro atoms. The van der Waals surface area contributed by atoms with Gasteiger partial charge in [-0.1, -0.05) is 17.9 Å². The van der Waals surface area contributed by atoms with Gasteiger partial charge in [0.2, 0.25) is 5.89 Å². The summed E-state index contributed by atoms with van der Waals surface area (Å²) in [6.45, 7) is 1.05. The summed E-state index contributed by atoms with van der Waals surface area (Å²) in [5.74, 6) is 1.66. The van der Waals surface area contributed by atoms with Crippen molar-refractivity contribution in [1.29, 1.82) is 0 Å². The van der Waals surface area contributed by atoms with Crippen molar-refractivity contribution in [1.82, 2.24) is 10.2 Å². The summed E-state index contributed by atoms with van der Waals surface area (Å²) in [6.07, 6.45) is 6.60. The molecule has 4 nitrogen and oxygen atoms in total. The number of nitrogens with zero attached hydrogens (tertiary/aromatic N) is 3. The van der Waals surface area contributed by atoms with Gasteiger partial charge in [0, 0.05) is 12.6 Å². The SMILES string of the molecule is ClCc1nnc(N2CCC3CCCCC32)o1. The van der Waals surface area contributed by atoms with Crippen LogP contribution in [-0.2, 0) is 5.88 Å². The van der Waals surface area contributed by atoms with E-state index in [1.54, 1.807) is 0 Å². The molecule has 5 heteroatoms. The van der Waals surface area contributed by atoms with E-state index in [4.69, 9.17) is 16.0 Å². The molecule has 0 bridgehead atoms. The number of hydrogen-bond acceptors (Lipinski definition) is 4. The second-order valence-electron chi connectivity index (χ2n) is 4.71. The van der Waals surface area contributed by atoms with Crippen molar-refractivity contribution in [2.45, 2.75) is 44.0 Å². The van der Waals surface area contributed by atoms with Gasteiger partial charge in [-0.3, -0.25) is 0 Å². The first-order chi connectivity index (χ1) is 7.88. The number of fused-ring (bicyclic) bond motifs is 1. The third-order valence-corrected chi connectivity index (χ3v) is 4.05. The van der Waals surface area contributed by atoms with Crippen LogP contribution in [0.25, 0.3) is 0 Å². The molecule has 1 saturated heterocycles. The van der Waals surface area contributed by atoms with Gasteiger partial charge >= 0.3 is 6.01 Å². The van der Waals surface area contributed by atoms with Crippen LogP contribution in [0.1, 0.15) is 38.0 Å². The van der Waals surface area contributed by atoms with Crippen LogP contribution in [-0.4, -0.2) is 22.8 Å². The minimum atomic E-state index is 0.301. The third kappa shape index (κ3) is 1.69. The maximum absolute atomic E-state index is 5.67. The Morgan fingerprint density at radius 3 is 2.94 bits per heavy atom. The number of aromatic nitrogens is 2. The second kappa shape index (κ2) is 4.24. The predicted octanol–water partition coefficient (Wildman–Crippen LogP) is 2.58. The first-order valence-electron chi connectivity index (χ1n) is 6.03. The molecule has 1 aromatic rings.